The number of hydrogen-bond donors (Lipinski definition) is 1. The molecule has 1 aromatic carbocycles. The van der Waals surface area contributed by atoms with E-state index in [-0.39, 0.29) is 0 Å². The molecule has 1 rings (SSSR count). The van der Waals surface area contributed by atoms with E-state index in [1.54, 1.807) is 0 Å². The Morgan fingerprint density at radius 2 is 1.80 bits per heavy atom. The van der Waals surface area contributed by atoms with Crippen LogP contribution < -0.4 is 0 Å². The number of rotatable bonds is 6. The Morgan fingerprint density at radius 1 is 1.13 bits per heavy atom. The summed E-state index contributed by atoms with van der Waals surface area (Å²) in [5, 5.41) is 10.1. The lowest BCUT2D eigenvalue weighted by molar-refractivity contribution is 0.0401. The first-order valence-corrected chi connectivity index (χ1v) is 5.90. The highest BCUT2D eigenvalue weighted by molar-refractivity contribution is 5.14. The van der Waals surface area contributed by atoms with E-state index in [0.717, 1.165) is 32.1 Å². The maximum Gasteiger partial charge on any atom is 0.0623 e. The zero-order chi connectivity index (χ0) is 11.1. The molecule has 15 heavy (non-hydrogen) atoms. The van der Waals surface area contributed by atoms with Gasteiger partial charge in [-0.15, -0.1) is 0 Å². The monoisotopic (exact) mass is 206 g/mol. The van der Waals surface area contributed by atoms with Gasteiger partial charge in [0, 0.05) is 0 Å². The molecule has 0 saturated carbocycles. The van der Waals surface area contributed by atoms with E-state index in [1.165, 1.54) is 5.56 Å². The predicted molar refractivity (Wildman–Crippen MR) is 64.9 cm³/mol. The van der Waals surface area contributed by atoms with Crippen molar-refractivity contribution in [2.45, 2.75) is 51.6 Å². The van der Waals surface area contributed by atoms with Gasteiger partial charge in [-0.3, -0.25) is 0 Å². The molecule has 0 fully saturated rings. The van der Waals surface area contributed by atoms with Gasteiger partial charge >= 0.3 is 0 Å². The Kier molecular flexibility index (Phi) is 4.83. The summed E-state index contributed by atoms with van der Waals surface area (Å²) < 4.78 is 0. The van der Waals surface area contributed by atoms with E-state index in [9.17, 15) is 5.11 Å². The first-order chi connectivity index (χ1) is 7.14. The van der Waals surface area contributed by atoms with Crippen LogP contribution in [0.15, 0.2) is 30.3 Å². The smallest absolute Gasteiger partial charge is 0.0623 e. The molecule has 0 aliphatic heterocycles. The molecule has 1 N–H and O–H groups in total. The van der Waals surface area contributed by atoms with Crippen molar-refractivity contribution in [1.82, 2.24) is 0 Å². The lowest BCUT2D eigenvalue weighted by Gasteiger charge is -2.22. The van der Waals surface area contributed by atoms with E-state index < -0.39 is 5.60 Å². The molecule has 1 atom stereocenters. The van der Waals surface area contributed by atoms with Crippen LogP contribution >= 0.6 is 0 Å². The molecule has 84 valence electrons. The van der Waals surface area contributed by atoms with Gasteiger partial charge in [-0.25, -0.2) is 0 Å². The quantitative estimate of drug-likeness (QED) is 0.754. The average Bonchev–Trinajstić information content (AvgIpc) is 2.25. The number of aryl methyl sites for hydroxylation is 1. The highest BCUT2D eigenvalue weighted by atomic mass is 16.3. The fraction of sp³-hybridized carbons (Fsp3) is 0.571. The lowest BCUT2D eigenvalue weighted by Crippen LogP contribution is -2.24. The molecule has 1 aromatic rings. The van der Waals surface area contributed by atoms with Crippen molar-refractivity contribution in [3.05, 3.63) is 35.9 Å². The first-order valence-electron chi connectivity index (χ1n) is 5.90. The zero-order valence-corrected chi connectivity index (χ0v) is 9.87. The fourth-order valence-corrected chi connectivity index (χ4v) is 1.74. The second-order valence-corrected chi connectivity index (χ2v) is 4.59. The third-order valence-corrected chi connectivity index (χ3v) is 2.86. The standard InChI is InChI=1S/C14H22O/c1-3-4-11-14(2,15)12-10-13-8-6-5-7-9-13/h5-9,15H,3-4,10-12H2,1-2H3. The third-order valence-electron chi connectivity index (χ3n) is 2.86. The van der Waals surface area contributed by atoms with E-state index >= 15 is 0 Å². The van der Waals surface area contributed by atoms with Crippen molar-refractivity contribution in [2.24, 2.45) is 0 Å². The molecule has 1 unspecified atom stereocenters. The van der Waals surface area contributed by atoms with Crippen molar-refractivity contribution >= 4 is 0 Å². The van der Waals surface area contributed by atoms with Crippen molar-refractivity contribution in [3.63, 3.8) is 0 Å². The van der Waals surface area contributed by atoms with Crippen LogP contribution in [0.2, 0.25) is 0 Å². The van der Waals surface area contributed by atoms with Crippen LogP contribution in [0.5, 0.6) is 0 Å². The number of hydrogen-bond acceptors (Lipinski definition) is 1. The van der Waals surface area contributed by atoms with E-state index in [1.807, 2.05) is 13.0 Å². The molecule has 0 aliphatic rings. The van der Waals surface area contributed by atoms with Gasteiger partial charge in [0.25, 0.3) is 0 Å². The molecule has 1 heteroatoms. The van der Waals surface area contributed by atoms with Crippen LogP contribution in [0.4, 0.5) is 0 Å². The van der Waals surface area contributed by atoms with Crippen molar-refractivity contribution in [3.8, 4) is 0 Å². The highest BCUT2D eigenvalue weighted by Crippen LogP contribution is 2.20. The Hall–Kier alpha value is -0.820. The molecule has 0 heterocycles. The fourth-order valence-electron chi connectivity index (χ4n) is 1.74. The highest BCUT2D eigenvalue weighted by Gasteiger charge is 2.18. The maximum absolute atomic E-state index is 10.1. The number of unbranched alkanes of at least 4 members (excludes halogenated alkanes) is 1. The summed E-state index contributed by atoms with van der Waals surface area (Å²) in [7, 11) is 0. The van der Waals surface area contributed by atoms with Crippen LogP contribution in [-0.2, 0) is 6.42 Å². The van der Waals surface area contributed by atoms with Crippen LogP contribution in [0.1, 0.15) is 45.1 Å². The van der Waals surface area contributed by atoms with Crippen molar-refractivity contribution in [1.29, 1.82) is 0 Å². The molecule has 0 aromatic heterocycles. The van der Waals surface area contributed by atoms with Gasteiger partial charge in [-0.05, 0) is 31.7 Å². The summed E-state index contributed by atoms with van der Waals surface area (Å²) in [5.74, 6) is 0. The second-order valence-electron chi connectivity index (χ2n) is 4.59. The van der Waals surface area contributed by atoms with Crippen LogP contribution in [-0.4, -0.2) is 10.7 Å². The first kappa shape index (κ1) is 12.3. The van der Waals surface area contributed by atoms with Crippen molar-refractivity contribution < 1.29 is 5.11 Å². The second kappa shape index (κ2) is 5.92. The third kappa shape index (κ3) is 4.98. The van der Waals surface area contributed by atoms with Gasteiger partial charge in [0.15, 0.2) is 0 Å². The molecule has 1 nitrogen and oxygen atoms in total. The summed E-state index contributed by atoms with van der Waals surface area (Å²) >= 11 is 0. The minimum Gasteiger partial charge on any atom is -0.390 e. The van der Waals surface area contributed by atoms with Gasteiger partial charge < -0.3 is 5.11 Å². The van der Waals surface area contributed by atoms with E-state index in [2.05, 4.69) is 31.2 Å². The Labute approximate surface area is 93.1 Å². The Morgan fingerprint density at radius 3 is 2.40 bits per heavy atom. The Balaban J connectivity index is 2.35. The van der Waals surface area contributed by atoms with E-state index in [4.69, 9.17) is 0 Å². The zero-order valence-electron chi connectivity index (χ0n) is 9.87. The summed E-state index contributed by atoms with van der Waals surface area (Å²) in [5.41, 5.74) is 0.820. The number of aliphatic hydroxyl groups is 1. The van der Waals surface area contributed by atoms with Crippen LogP contribution in [0, 0.1) is 0 Å². The molecule has 0 amide bonds. The normalized spacial score (nSPS) is 14.9. The van der Waals surface area contributed by atoms with Gasteiger partial charge in [0.2, 0.25) is 0 Å². The van der Waals surface area contributed by atoms with E-state index in [0.29, 0.717) is 0 Å². The minimum absolute atomic E-state index is 0.494. The SMILES string of the molecule is CCCCC(C)(O)CCc1ccccc1. The predicted octanol–water partition coefficient (Wildman–Crippen LogP) is 3.56. The summed E-state index contributed by atoms with van der Waals surface area (Å²) in [6.45, 7) is 4.11. The average molecular weight is 206 g/mol. The molecule has 0 bridgehead atoms. The van der Waals surface area contributed by atoms with Crippen LogP contribution in [0.25, 0.3) is 0 Å². The van der Waals surface area contributed by atoms with Gasteiger partial charge in [-0.2, -0.15) is 0 Å². The largest absolute Gasteiger partial charge is 0.390 e. The summed E-state index contributed by atoms with van der Waals surface area (Å²) in [4.78, 5) is 0. The van der Waals surface area contributed by atoms with Gasteiger partial charge in [-0.1, -0.05) is 50.1 Å². The number of benzene rings is 1. The maximum atomic E-state index is 10.1. The molecule has 0 radical (unpaired) electrons. The van der Waals surface area contributed by atoms with Crippen LogP contribution in [0.3, 0.4) is 0 Å². The van der Waals surface area contributed by atoms with Crippen molar-refractivity contribution in [2.75, 3.05) is 0 Å². The molecular formula is C14H22O. The summed E-state index contributed by atoms with van der Waals surface area (Å²) in [6, 6.07) is 10.4. The molecule has 0 spiro atoms. The molecule has 0 aliphatic carbocycles. The van der Waals surface area contributed by atoms with Gasteiger partial charge in [0.1, 0.15) is 0 Å². The lowest BCUT2D eigenvalue weighted by atomic mass is 9.92. The topological polar surface area (TPSA) is 20.2 Å². The summed E-state index contributed by atoms with van der Waals surface area (Å²) in [6.07, 6.45) is 5.01. The minimum atomic E-state index is -0.494. The molecular weight excluding hydrogens is 184 g/mol. The molecule has 0 saturated heterocycles. The Bertz CT molecular complexity index is 264. The van der Waals surface area contributed by atoms with Gasteiger partial charge in [0.05, 0.1) is 5.60 Å².